The van der Waals surface area contributed by atoms with Gasteiger partial charge in [-0.3, -0.25) is 9.78 Å². The number of benzene rings is 3. The molecule has 1 amide bonds. The minimum atomic E-state index is -0.124. The molecule has 184 valence electrons. The van der Waals surface area contributed by atoms with Crippen molar-refractivity contribution in [3.05, 3.63) is 89.1 Å². The lowest BCUT2D eigenvalue weighted by Crippen LogP contribution is -2.36. The van der Waals surface area contributed by atoms with E-state index >= 15 is 0 Å². The average Bonchev–Trinajstić information content (AvgIpc) is 2.92. The maximum atomic E-state index is 13.2. The third kappa shape index (κ3) is 4.15. The molecule has 4 heteroatoms. The number of anilines is 1. The molecule has 0 fully saturated rings. The van der Waals surface area contributed by atoms with E-state index in [1.54, 1.807) is 14.0 Å². The molecule has 0 N–H and O–H groups in total. The molecule has 1 unspecified atom stereocenters. The largest absolute Gasteiger partial charge is 0.496 e. The van der Waals surface area contributed by atoms with Crippen LogP contribution in [0.3, 0.4) is 0 Å². The highest BCUT2D eigenvalue weighted by Crippen LogP contribution is 2.44. The molecule has 0 bridgehead atoms. The lowest BCUT2D eigenvalue weighted by molar-refractivity contribution is -0.117. The first-order valence-electron chi connectivity index (χ1n) is 13.0. The van der Waals surface area contributed by atoms with Gasteiger partial charge in [0, 0.05) is 29.5 Å². The van der Waals surface area contributed by atoms with Crippen LogP contribution in [0.1, 0.15) is 62.0 Å². The second-order valence-electron chi connectivity index (χ2n) is 9.52. The van der Waals surface area contributed by atoms with Gasteiger partial charge in [-0.25, -0.2) is 0 Å². The van der Waals surface area contributed by atoms with Crippen LogP contribution in [0, 0.1) is 0 Å². The summed E-state index contributed by atoms with van der Waals surface area (Å²) in [6.07, 6.45) is 4.63. The van der Waals surface area contributed by atoms with E-state index in [1.807, 2.05) is 23.1 Å². The van der Waals surface area contributed by atoms with Crippen LogP contribution < -0.4 is 9.64 Å². The van der Waals surface area contributed by atoms with Crippen LogP contribution in [-0.4, -0.2) is 18.0 Å². The van der Waals surface area contributed by atoms with Gasteiger partial charge < -0.3 is 9.64 Å². The van der Waals surface area contributed by atoms with Crippen molar-refractivity contribution in [3.8, 4) is 17.0 Å². The van der Waals surface area contributed by atoms with Crippen molar-refractivity contribution in [1.29, 1.82) is 0 Å². The number of methoxy groups -OCH3 is 1. The third-order valence-corrected chi connectivity index (χ3v) is 7.48. The summed E-state index contributed by atoms with van der Waals surface area (Å²) in [5.74, 6) is 0.846. The van der Waals surface area contributed by atoms with Gasteiger partial charge in [-0.05, 0) is 54.7 Å². The van der Waals surface area contributed by atoms with Crippen LogP contribution in [-0.2, 0) is 24.1 Å². The number of hydrogen-bond donors (Lipinski definition) is 0. The van der Waals surface area contributed by atoms with Gasteiger partial charge in [0.05, 0.1) is 30.2 Å². The van der Waals surface area contributed by atoms with E-state index in [4.69, 9.17) is 9.72 Å². The molecule has 4 nitrogen and oxygen atoms in total. The molecule has 1 aliphatic carbocycles. The molecule has 0 saturated carbocycles. The quantitative estimate of drug-likeness (QED) is 0.289. The Morgan fingerprint density at radius 3 is 2.39 bits per heavy atom. The number of rotatable bonds is 6. The number of pyridine rings is 1. The van der Waals surface area contributed by atoms with Gasteiger partial charge in [0.15, 0.2) is 0 Å². The summed E-state index contributed by atoms with van der Waals surface area (Å²) < 4.78 is 6.03. The van der Waals surface area contributed by atoms with Crippen LogP contribution in [0.15, 0.2) is 66.7 Å². The molecule has 1 aromatic heterocycles. The van der Waals surface area contributed by atoms with Crippen molar-refractivity contribution >= 4 is 22.4 Å². The van der Waals surface area contributed by atoms with Crippen molar-refractivity contribution in [2.24, 2.45) is 0 Å². The fourth-order valence-electron chi connectivity index (χ4n) is 5.84. The summed E-state index contributed by atoms with van der Waals surface area (Å²) in [6, 6.07) is 22.9. The summed E-state index contributed by atoms with van der Waals surface area (Å²) in [7, 11) is 1.73. The van der Waals surface area contributed by atoms with E-state index in [0.29, 0.717) is 0 Å². The summed E-state index contributed by atoms with van der Waals surface area (Å²) in [5, 5.41) is 2.20. The number of amides is 1. The van der Waals surface area contributed by atoms with Crippen LogP contribution in [0.2, 0.25) is 0 Å². The molecule has 36 heavy (non-hydrogen) atoms. The molecule has 0 spiro atoms. The SMILES string of the molecule is CCc1cccc(CC)c1-c1cc(OC)c2c(n1)CCCC2N(C(C)=O)c1cccc2ccccc12. The van der Waals surface area contributed by atoms with Gasteiger partial charge in [-0.2, -0.15) is 0 Å². The molecule has 5 rings (SSSR count). The zero-order valence-electron chi connectivity index (χ0n) is 21.7. The Morgan fingerprint density at radius 2 is 1.69 bits per heavy atom. The van der Waals surface area contributed by atoms with E-state index < -0.39 is 0 Å². The molecule has 0 saturated heterocycles. The Morgan fingerprint density at radius 1 is 1.00 bits per heavy atom. The monoisotopic (exact) mass is 478 g/mol. The molecular formula is C32H34N2O2. The van der Waals surface area contributed by atoms with Crippen LogP contribution in [0.5, 0.6) is 5.75 Å². The van der Waals surface area contributed by atoms with E-state index in [9.17, 15) is 4.79 Å². The fraction of sp³-hybridized carbons (Fsp3) is 0.312. The molecular weight excluding hydrogens is 444 g/mol. The fourth-order valence-corrected chi connectivity index (χ4v) is 5.84. The molecule has 3 aromatic carbocycles. The van der Waals surface area contributed by atoms with Crippen molar-refractivity contribution < 1.29 is 9.53 Å². The third-order valence-electron chi connectivity index (χ3n) is 7.48. The minimum Gasteiger partial charge on any atom is -0.496 e. The average molecular weight is 479 g/mol. The highest BCUT2D eigenvalue weighted by atomic mass is 16.5. The number of fused-ring (bicyclic) bond motifs is 2. The van der Waals surface area contributed by atoms with Crippen LogP contribution in [0.25, 0.3) is 22.0 Å². The van der Waals surface area contributed by atoms with Gasteiger partial charge in [-0.15, -0.1) is 0 Å². The van der Waals surface area contributed by atoms with Crippen LogP contribution in [0.4, 0.5) is 5.69 Å². The normalized spacial score (nSPS) is 14.9. The zero-order chi connectivity index (χ0) is 25.2. The maximum absolute atomic E-state index is 13.2. The molecule has 1 heterocycles. The molecule has 1 aliphatic rings. The standard InChI is InChI=1S/C32H34N2O2/c1-5-22-13-9-14-23(6-2)31(22)27-20-30(36-4)32-26(33-27)17-11-19-29(32)34(21(3)35)28-18-10-15-24-12-7-8-16-25(24)28/h7-10,12-16,18,20,29H,5-6,11,17,19H2,1-4H3. The van der Waals surface area contributed by atoms with Gasteiger partial charge in [0.25, 0.3) is 0 Å². The summed E-state index contributed by atoms with van der Waals surface area (Å²) in [4.78, 5) is 20.4. The number of nitrogens with zero attached hydrogens (tertiary/aromatic N) is 2. The van der Waals surface area contributed by atoms with Gasteiger partial charge in [-0.1, -0.05) is 68.4 Å². The van der Waals surface area contributed by atoms with E-state index in [2.05, 4.69) is 62.4 Å². The number of aryl methyl sites for hydroxylation is 3. The predicted molar refractivity (Wildman–Crippen MR) is 148 cm³/mol. The smallest absolute Gasteiger partial charge is 0.224 e. The summed E-state index contributed by atoms with van der Waals surface area (Å²) >= 11 is 0. The number of ether oxygens (including phenoxy) is 1. The van der Waals surface area contributed by atoms with Crippen molar-refractivity contribution in [1.82, 2.24) is 4.98 Å². The zero-order valence-corrected chi connectivity index (χ0v) is 21.7. The Labute approximate surface area is 213 Å². The molecule has 0 radical (unpaired) electrons. The van der Waals surface area contributed by atoms with E-state index in [-0.39, 0.29) is 11.9 Å². The van der Waals surface area contributed by atoms with E-state index in [1.165, 1.54) is 16.7 Å². The number of carbonyl (C=O) groups excluding carboxylic acids is 1. The number of carbonyl (C=O) groups is 1. The lowest BCUT2D eigenvalue weighted by Gasteiger charge is -2.36. The van der Waals surface area contributed by atoms with Gasteiger partial charge in [0.1, 0.15) is 5.75 Å². The second-order valence-corrected chi connectivity index (χ2v) is 9.52. The number of aromatic nitrogens is 1. The van der Waals surface area contributed by atoms with Gasteiger partial charge in [0.2, 0.25) is 5.91 Å². The van der Waals surface area contributed by atoms with Crippen molar-refractivity contribution in [2.75, 3.05) is 12.0 Å². The van der Waals surface area contributed by atoms with Crippen molar-refractivity contribution in [3.63, 3.8) is 0 Å². The topological polar surface area (TPSA) is 42.4 Å². The lowest BCUT2D eigenvalue weighted by atomic mass is 9.87. The Hall–Kier alpha value is -3.66. The Bertz CT molecular complexity index is 1380. The highest BCUT2D eigenvalue weighted by molar-refractivity contribution is 6.03. The minimum absolute atomic E-state index is 0.0277. The summed E-state index contributed by atoms with van der Waals surface area (Å²) in [5.41, 5.74) is 7.83. The van der Waals surface area contributed by atoms with Crippen molar-refractivity contribution in [2.45, 2.75) is 58.9 Å². The first-order valence-corrected chi connectivity index (χ1v) is 13.0. The maximum Gasteiger partial charge on any atom is 0.224 e. The molecule has 0 aliphatic heterocycles. The predicted octanol–water partition coefficient (Wildman–Crippen LogP) is 7.47. The highest BCUT2D eigenvalue weighted by Gasteiger charge is 2.34. The second kappa shape index (κ2) is 10.1. The summed E-state index contributed by atoms with van der Waals surface area (Å²) in [6.45, 7) is 6.05. The van der Waals surface area contributed by atoms with Crippen LogP contribution >= 0.6 is 0 Å². The molecule has 1 atom stereocenters. The first kappa shape index (κ1) is 24.1. The molecule has 4 aromatic rings. The number of hydrogen-bond acceptors (Lipinski definition) is 3. The first-order chi connectivity index (χ1) is 17.6. The van der Waals surface area contributed by atoms with Gasteiger partial charge >= 0.3 is 0 Å². The van der Waals surface area contributed by atoms with E-state index in [0.717, 1.165) is 71.3 Å². The Kier molecular flexibility index (Phi) is 6.77. The Balaban J connectivity index is 1.69.